The molecule has 0 unspecified atom stereocenters. The maximum atomic E-state index is 9.59. The van der Waals surface area contributed by atoms with Crippen LogP contribution in [0.1, 0.15) is 97.3 Å². The van der Waals surface area contributed by atoms with Crippen LogP contribution in [-0.2, 0) is 9.47 Å². The summed E-state index contributed by atoms with van der Waals surface area (Å²) in [5, 5.41) is 9.59. The van der Waals surface area contributed by atoms with E-state index in [2.05, 4.69) is 19.9 Å². The van der Waals surface area contributed by atoms with Gasteiger partial charge in [0.05, 0.1) is 19.3 Å². The SMILES string of the molecule is CCCCC1(C#N)COC(C2CCC(C3CCC(CCC)CC3)CC2)OC1. The molecule has 1 saturated heterocycles. The van der Waals surface area contributed by atoms with Crippen molar-refractivity contribution in [3.63, 3.8) is 0 Å². The van der Waals surface area contributed by atoms with E-state index in [1.54, 1.807) is 0 Å². The molecule has 2 aliphatic carbocycles. The molecule has 0 radical (unpaired) electrons. The number of unbranched alkanes of at least 4 members (excludes halogenated alkanes) is 1. The summed E-state index contributed by atoms with van der Waals surface area (Å²) in [7, 11) is 0. The summed E-state index contributed by atoms with van der Waals surface area (Å²) in [6.45, 7) is 5.63. The first-order valence-corrected chi connectivity index (χ1v) is 11.8. The molecule has 0 N–H and O–H groups in total. The van der Waals surface area contributed by atoms with Crippen molar-refractivity contribution in [3.8, 4) is 6.07 Å². The third kappa shape index (κ3) is 5.48. The van der Waals surface area contributed by atoms with E-state index in [4.69, 9.17) is 9.47 Å². The fourth-order valence-electron chi connectivity index (χ4n) is 5.87. The fraction of sp³-hybridized carbons (Fsp3) is 0.958. The second-order valence-corrected chi connectivity index (χ2v) is 9.73. The van der Waals surface area contributed by atoms with Gasteiger partial charge in [-0.05, 0) is 62.7 Å². The molecule has 1 heterocycles. The molecule has 3 fully saturated rings. The summed E-state index contributed by atoms with van der Waals surface area (Å²) in [6, 6.07) is 2.49. The van der Waals surface area contributed by atoms with Crippen LogP contribution in [0.2, 0.25) is 0 Å². The first kappa shape index (κ1) is 21.1. The summed E-state index contributed by atoms with van der Waals surface area (Å²) in [4.78, 5) is 0. The van der Waals surface area contributed by atoms with Crippen LogP contribution < -0.4 is 0 Å². The third-order valence-electron chi connectivity index (χ3n) is 7.75. The minimum absolute atomic E-state index is 0.0608. The van der Waals surface area contributed by atoms with Crippen LogP contribution >= 0.6 is 0 Å². The Morgan fingerprint density at radius 2 is 1.37 bits per heavy atom. The summed E-state index contributed by atoms with van der Waals surface area (Å²) < 4.78 is 12.2. The number of hydrogen-bond acceptors (Lipinski definition) is 3. The van der Waals surface area contributed by atoms with Crippen LogP contribution in [0.4, 0.5) is 0 Å². The second kappa shape index (κ2) is 10.3. The Kier molecular flexibility index (Phi) is 8.03. The Hall–Kier alpha value is -0.590. The highest BCUT2D eigenvalue weighted by Gasteiger charge is 2.41. The zero-order valence-electron chi connectivity index (χ0n) is 17.8. The van der Waals surface area contributed by atoms with Crippen LogP contribution in [0.15, 0.2) is 0 Å². The molecule has 0 atom stereocenters. The van der Waals surface area contributed by atoms with Gasteiger partial charge >= 0.3 is 0 Å². The van der Waals surface area contributed by atoms with E-state index >= 15 is 0 Å². The lowest BCUT2D eigenvalue weighted by molar-refractivity contribution is -0.244. The summed E-state index contributed by atoms with van der Waals surface area (Å²) in [6.07, 6.45) is 16.9. The molecule has 3 aliphatic rings. The van der Waals surface area contributed by atoms with Crippen LogP contribution in [0, 0.1) is 40.4 Å². The maximum absolute atomic E-state index is 9.59. The van der Waals surface area contributed by atoms with Crippen molar-refractivity contribution in [2.75, 3.05) is 13.2 Å². The van der Waals surface area contributed by atoms with Gasteiger partial charge in [0.25, 0.3) is 0 Å². The Balaban J connectivity index is 1.39. The van der Waals surface area contributed by atoms with E-state index in [1.165, 1.54) is 64.2 Å². The van der Waals surface area contributed by atoms with E-state index in [1.807, 2.05) is 0 Å². The Morgan fingerprint density at radius 3 is 1.89 bits per heavy atom. The minimum atomic E-state index is -0.402. The quantitative estimate of drug-likeness (QED) is 0.512. The molecule has 0 bridgehead atoms. The van der Waals surface area contributed by atoms with E-state index in [0.29, 0.717) is 19.1 Å². The third-order valence-corrected chi connectivity index (χ3v) is 7.75. The molecule has 1 aliphatic heterocycles. The van der Waals surface area contributed by atoms with E-state index in [-0.39, 0.29) is 6.29 Å². The van der Waals surface area contributed by atoms with Gasteiger partial charge in [-0.1, -0.05) is 52.4 Å². The van der Waals surface area contributed by atoms with Crippen molar-refractivity contribution in [1.82, 2.24) is 0 Å². The van der Waals surface area contributed by atoms with Gasteiger partial charge in [-0.25, -0.2) is 0 Å². The van der Waals surface area contributed by atoms with Crippen LogP contribution in [0.25, 0.3) is 0 Å². The molecule has 0 amide bonds. The topological polar surface area (TPSA) is 42.2 Å². The Labute approximate surface area is 167 Å². The highest BCUT2D eigenvalue weighted by atomic mass is 16.7. The molecule has 2 saturated carbocycles. The molecule has 27 heavy (non-hydrogen) atoms. The van der Waals surface area contributed by atoms with Gasteiger partial charge in [-0.2, -0.15) is 5.26 Å². The average molecular weight is 376 g/mol. The van der Waals surface area contributed by atoms with Crippen LogP contribution in [0.3, 0.4) is 0 Å². The molecule has 154 valence electrons. The predicted octanol–water partition coefficient (Wildman–Crippen LogP) is 6.47. The molecule has 0 aromatic heterocycles. The van der Waals surface area contributed by atoms with Gasteiger partial charge in [0.15, 0.2) is 6.29 Å². The predicted molar refractivity (Wildman–Crippen MR) is 109 cm³/mol. The lowest BCUT2D eigenvalue weighted by Gasteiger charge is -2.42. The number of rotatable bonds is 7. The van der Waals surface area contributed by atoms with E-state index in [9.17, 15) is 5.26 Å². The number of hydrogen-bond donors (Lipinski definition) is 0. The zero-order valence-corrected chi connectivity index (χ0v) is 17.8. The molecule has 0 aromatic rings. The minimum Gasteiger partial charge on any atom is -0.351 e. The Morgan fingerprint density at radius 1 is 0.815 bits per heavy atom. The first-order valence-electron chi connectivity index (χ1n) is 11.8. The standard InChI is InChI=1S/C24H41NO2/c1-3-5-15-24(16-25)17-26-23(27-18-24)22-13-11-21(12-14-22)20-9-7-19(6-4-2)8-10-20/h19-23H,3-15,17-18H2,1-2H3. The summed E-state index contributed by atoms with van der Waals surface area (Å²) in [5.74, 6) is 3.47. The smallest absolute Gasteiger partial charge is 0.160 e. The van der Waals surface area contributed by atoms with Gasteiger partial charge in [0, 0.05) is 5.92 Å². The Bertz CT molecular complexity index is 461. The van der Waals surface area contributed by atoms with Crippen molar-refractivity contribution in [1.29, 1.82) is 5.26 Å². The lowest BCUT2D eigenvalue weighted by atomic mass is 9.68. The molecular weight excluding hydrogens is 334 g/mol. The summed E-state index contributed by atoms with van der Waals surface area (Å²) in [5.41, 5.74) is -0.402. The molecule has 3 heteroatoms. The van der Waals surface area contributed by atoms with Crippen molar-refractivity contribution >= 4 is 0 Å². The lowest BCUT2D eigenvalue weighted by Crippen LogP contribution is -2.44. The van der Waals surface area contributed by atoms with Gasteiger partial charge in [0.2, 0.25) is 0 Å². The molecule has 3 rings (SSSR count). The molecular formula is C24H41NO2. The highest BCUT2D eigenvalue weighted by Crippen LogP contribution is 2.44. The van der Waals surface area contributed by atoms with Crippen molar-refractivity contribution in [2.24, 2.45) is 29.1 Å². The maximum Gasteiger partial charge on any atom is 0.160 e. The number of nitrogens with zero attached hydrogens (tertiary/aromatic N) is 1. The monoisotopic (exact) mass is 375 g/mol. The first-order chi connectivity index (χ1) is 13.2. The average Bonchev–Trinajstić information content (AvgIpc) is 2.74. The van der Waals surface area contributed by atoms with E-state index < -0.39 is 5.41 Å². The highest BCUT2D eigenvalue weighted by molar-refractivity contribution is 5.00. The summed E-state index contributed by atoms with van der Waals surface area (Å²) >= 11 is 0. The van der Waals surface area contributed by atoms with Gasteiger partial charge < -0.3 is 9.47 Å². The van der Waals surface area contributed by atoms with Crippen LogP contribution in [-0.4, -0.2) is 19.5 Å². The molecule has 0 spiro atoms. The molecule has 3 nitrogen and oxygen atoms in total. The largest absolute Gasteiger partial charge is 0.351 e. The van der Waals surface area contributed by atoms with Crippen molar-refractivity contribution < 1.29 is 9.47 Å². The van der Waals surface area contributed by atoms with Gasteiger partial charge in [-0.15, -0.1) is 0 Å². The van der Waals surface area contributed by atoms with Crippen LogP contribution in [0.5, 0.6) is 0 Å². The second-order valence-electron chi connectivity index (χ2n) is 9.73. The van der Waals surface area contributed by atoms with Gasteiger partial charge in [0.1, 0.15) is 5.41 Å². The van der Waals surface area contributed by atoms with Crippen molar-refractivity contribution in [2.45, 2.75) is 104 Å². The van der Waals surface area contributed by atoms with E-state index in [0.717, 1.165) is 37.0 Å². The molecule has 0 aromatic carbocycles. The number of ether oxygens (including phenoxy) is 2. The van der Waals surface area contributed by atoms with Gasteiger partial charge in [-0.3, -0.25) is 0 Å². The zero-order chi connectivity index (χ0) is 19.1. The number of nitriles is 1. The normalized spacial score (nSPS) is 40.4. The van der Waals surface area contributed by atoms with Crippen molar-refractivity contribution in [3.05, 3.63) is 0 Å². The fourth-order valence-corrected chi connectivity index (χ4v) is 5.87.